The normalized spacial score (nSPS) is 18.6. The zero-order valence-corrected chi connectivity index (χ0v) is 9.99. The maximum absolute atomic E-state index is 6.27. The fourth-order valence-corrected chi connectivity index (χ4v) is 2.70. The highest BCUT2D eigenvalue weighted by atomic mass is 16.5. The zero-order chi connectivity index (χ0) is 11.4. The van der Waals surface area contributed by atoms with Crippen LogP contribution >= 0.6 is 0 Å². The van der Waals surface area contributed by atoms with Gasteiger partial charge in [0.15, 0.2) is 0 Å². The van der Waals surface area contributed by atoms with E-state index >= 15 is 0 Å². The van der Waals surface area contributed by atoms with Crippen LogP contribution in [0.1, 0.15) is 43.7 Å². The Morgan fingerprint density at radius 1 is 1.31 bits per heavy atom. The van der Waals surface area contributed by atoms with Crippen molar-refractivity contribution in [2.75, 3.05) is 7.11 Å². The molecule has 1 saturated carbocycles. The van der Waals surface area contributed by atoms with E-state index in [2.05, 4.69) is 6.07 Å². The van der Waals surface area contributed by atoms with Gasteiger partial charge in [0.25, 0.3) is 0 Å². The quantitative estimate of drug-likeness (QED) is 0.843. The summed E-state index contributed by atoms with van der Waals surface area (Å²) in [4.78, 5) is 0. The van der Waals surface area contributed by atoms with Crippen molar-refractivity contribution in [1.82, 2.24) is 0 Å². The number of hydrogen-bond acceptors (Lipinski definition) is 2. The van der Waals surface area contributed by atoms with Gasteiger partial charge in [-0.1, -0.05) is 43.9 Å². The second-order valence-electron chi connectivity index (χ2n) is 4.73. The molecular weight excluding hydrogens is 198 g/mol. The maximum atomic E-state index is 6.27. The van der Waals surface area contributed by atoms with Gasteiger partial charge >= 0.3 is 0 Å². The third kappa shape index (κ3) is 2.56. The first-order chi connectivity index (χ1) is 7.81. The summed E-state index contributed by atoms with van der Waals surface area (Å²) in [5, 5.41) is 0. The Morgan fingerprint density at radius 2 is 2.00 bits per heavy atom. The van der Waals surface area contributed by atoms with E-state index in [0.717, 1.165) is 23.7 Å². The SMILES string of the molecule is COc1ccccc1C(N)CC1CCCC1. The molecule has 1 aromatic rings. The molecule has 1 aliphatic rings. The largest absolute Gasteiger partial charge is 0.496 e. The van der Waals surface area contributed by atoms with E-state index in [1.165, 1.54) is 25.7 Å². The van der Waals surface area contributed by atoms with Crippen LogP contribution in [0.4, 0.5) is 0 Å². The highest BCUT2D eigenvalue weighted by Gasteiger charge is 2.20. The predicted molar refractivity (Wildman–Crippen MR) is 66.5 cm³/mol. The van der Waals surface area contributed by atoms with E-state index in [1.807, 2.05) is 18.2 Å². The van der Waals surface area contributed by atoms with Crippen molar-refractivity contribution in [1.29, 1.82) is 0 Å². The minimum Gasteiger partial charge on any atom is -0.496 e. The van der Waals surface area contributed by atoms with E-state index in [9.17, 15) is 0 Å². The zero-order valence-electron chi connectivity index (χ0n) is 9.99. The minimum atomic E-state index is 0.124. The summed E-state index contributed by atoms with van der Waals surface area (Å²) < 4.78 is 5.35. The summed E-state index contributed by atoms with van der Waals surface area (Å²) >= 11 is 0. The smallest absolute Gasteiger partial charge is 0.123 e. The van der Waals surface area contributed by atoms with Gasteiger partial charge in [-0.15, -0.1) is 0 Å². The topological polar surface area (TPSA) is 35.2 Å². The van der Waals surface area contributed by atoms with Crippen LogP contribution in [-0.2, 0) is 0 Å². The summed E-state index contributed by atoms with van der Waals surface area (Å²) in [5.74, 6) is 1.74. The molecule has 0 heterocycles. The van der Waals surface area contributed by atoms with Crippen molar-refractivity contribution in [3.63, 3.8) is 0 Å². The standard InChI is InChI=1S/C14H21NO/c1-16-14-9-5-4-8-12(14)13(15)10-11-6-2-3-7-11/h4-5,8-9,11,13H,2-3,6-7,10,15H2,1H3. The molecular formula is C14H21NO. The average molecular weight is 219 g/mol. The molecule has 1 unspecified atom stereocenters. The number of benzene rings is 1. The molecule has 0 radical (unpaired) electrons. The Morgan fingerprint density at radius 3 is 2.69 bits per heavy atom. The Bertz CT molecular complexity index is 331. The van der Waals surface area contributed by atoms with Crippen molar-refractivity contribution in [2.24, 2.45) is 11.7 Å². The molecule has 1 fully saturated rings. The first kappa shape index (κ1) is 11.5. The van der Waals surface area contributed by atoms with E-state index in [0.29, 0.717) is 0 Å². The highest BCUT2D eigenvalue weighted by molar-refractivity contribution is 5.35. The summed E-state index contributed by atoms with van der Waals surface area (Å²) in [6.45, 7) is 0. The fraction of sp³-hybridized carbons (Fsp3) is 0.571. The van der Waals surface area contributed by atoms with Crippen LogP contribution in [0.15, 0.2) is 24.3 Å². The Kier molecular flexibility index (Phi) is 3.83. The number of para-hydroxylation sites is 1. The Balaban J connectivity index is 2.04. The van der Waals surface area contributed by atoms with Gasteiger partial charge in [0.2, 0.25) is 0 Å². The van der Waals surface area contributed by atoms with E-state index < -0.39 is 0 Å². The predicted octanol–water partition coefficient (Wildman–Crippen LogP) is 3.28. The fourth-order valence-electron chi connectivity index (χ4n) is 2.70. The highest BCUT2D eigenvalue weighted by Crippen LogP contribution is 2.34. The van der Waals surface area contributed by atoms with Crippen LogP contribution in [-0.4, -0.2) is 7.11 Å². The van der Waals surface area contributed by atoms with E-state index in [4.69, 9.17) is 10.5 Å². The van der Waals surface area contributed by atoms with E-state index in [-0.39, 0.29) is 6.04 Å². The summed E-state index contributed by atoms with van der Waals surface area (Å²) in [6, 6.07) is 8.22. The van der Waals surface area contributed by atoms with Crippen molar-refractivity contribution >= 4 is 0 Å². The van der Waals surface area contributed by atoms with Crippen molar-refractivity contribution in [3.05, 3.63) is 29.8 Å². The Labute approximate surface area is 97.8 Å². The van der Waals surface area contributed by atoms with Gasteiger partial charge in [-0.2, -0.15) is 0 Å². The number of nitrogens with two attached hydrogens (primary N) is 1. The first-order valence-corrected chi connectivity index (χ1v) is 6.19. The van der Waals surface area contributed by atoms with Crippen LogP contribution < -0.4 is 10.5 Å². The first-order valence-electron chi connectivity index (χ1n) is 6.19. The van der Waals surface area contributed by atoms with Crippen molar-refractivity contribution in [3.8, 4) is 5.75 Å². The molecule has 1 atom stereocenters. The lowest BCUT2D eigenvalue weighted by Crippen LogP contribution is -2.15. The van der Waals surface area contributed by atoms with Gasteiger partial charge in [0, 0.05) is 11.6 Å². The summed E-state index contributed by atoms with van der Waals surface area (Å²) in [7, 11) is 1.71. The lowest BCUT2D eigenvalue weighted by molar-refractivity contribution is 0.393. The second-order valence-corrected chi connectivity index (χ2v) is 4.73. The molecule has 0 saturated heterocycles. The lowest BCUT2D eigenvalue weighted by atomic mass is 9.94. The molecule has 2 nitrogen and oxygen atoms in total. The molecule has 88 valence electrons. The molecule has 0 aliphatic heterocycles. The van der Waals surface area contributed by atoms with Crippen LogP contribution in [0.5, 0.6) is 5.75 Å². The molecule has 2 heteroatoms. The molecule has 2 rings (SSSR count). The van der Waals surface area contributed by atoms with Gasteiger partial charge in [-0.3, -0.25) is 0 Å². The number of hydrogen-bond donors (Lipinski definition) is 1. The molecule has 1 aromatic carbocycles. The molecule has 16 heavy (non-hydrogen) atoms. The molecule has 2 N–H and O–H groups in total. The number of methoxy groups -OCH3 is 1. The van der Waals surface area contributed by atoms with Crippen LogP contribution in [0.3, 0.4) is 0 Å². The van der Waals surface area contributed by atoms with Gasteiger partial charge in [0.05, 0.1) is 7.11 Å². The summed E-state index contributed by atoms with van der Waals surface area (Å²) in [5.41, 5.74) is 7.42. The van der Waals surface area contributed by atoms with Crippen LogP contribution in [0.2, 0.25) is 0 Å². The van der Waals surface area contributed by atoms with Crippen molar-refractivity contribution in [2.45, 2.75) is 38.1 Å². The lowest BCUT2D eigenvalue weighted by Gasteiger charge is -2.18. The van der Waals surface area contributed by atoms with Crippen LogP contribution in [0, 0.1) is 5.92 Å². The van der Waals surface area contributed by atoms with Gasteiger partial charge in [-0.05, 0) is 18.4 Å². The van der Waals surface area contributed by atoms with Crippen LogP contribution in [0.25, 0.3) is 0 Å². The molecule has 0 aromatic heterocycles. The maximum Gasteiger partial charge on any atom is 0.123 e. The number of ether oxygens (including phenoxy) is 1. The molecule has 1 aliphatic carbocycles. The second kappa shape index (κ2) is 5.35. The molecule has 0 amide bonds. The third-order valence-corrected chi connectivity index (χ3v) is 3.60. The van der Waals surface area contributed by atoms with Gasteiger partial charge < -0.3 is 10.5 Å². The van der Waals surface area contributed by atoms with Crippen molar-refractivity contribution < 1.29 is 4.74 Å². The van der Waals surface area contributed by atoms with Gasteiger partial charge in [0.1, 0.15) is 5.75 Å². The monoisotopic (exact) mass is 219 g/mol. The molecule has 0 bridgehead atoms. The van der Waals surface area contributed by atoms with E-state index in [1.54, 1.807) is 7.11 Å². The Hall–Kier alpha value is -1.02. The molecule has 0 spiro atoms. The number of rotatable bonds is 4. The summed E-state index contributed by atoms with van der Waals surface area (Å²) in [6.07, 6.45) is 6.55. The average Bonchev–Trinajstić information content (AvgIpc) is 2.81. The van der Waals surface area contributed by atoms with Gasteiger partial charge in [-0.25, -0.2) is 0 Å². The third-order valence-electron chi connectivity index (χ3n) is 3.60. The minimum absolute atomic E-state index is 0.124.